The number of nitrogens with one attached hydrogen (secondary N) is 1. The minimum atomic E-state index is -0.430. The third kappa shape index (κ3) is 4.06. The van der Waals surface area contributed by atoms with Crippen molar-refractivity contribution in [3.05, 3.63) is 22.2 Å². The minimum Gasteiger partial charge on any atom is -0.354 e. The molecule has 0 saturated carbocycles. The van der Waals surface area contributed by atoms with Crippen molar-refractivity contribution in [1.29, 1.82) is 0 Å². The molecule has 1 aromatic rings. The highest BCUT2D eigenvalue weighted by Crippen LogP contribution is 2.25. The number of rotatable bonds is 8. The van der Waals surface area contributed by atoms with Crippen molar-refractivity contribution < 1.29 is 4.92 Å². The molecule has 7 heteroatoms. The van der Waals surface area contributed by atoms with Crippen LogP contribution in [0, 0.1) is 10.1 Å². The second-order valence-corrected chi connectivity index (χ2v) is 4.77. The molecular formula is C13H23N5O2. The maximum Gasteiger partial charge on any atom is 0.276 e. The number of nitrogens with zero attached hydrogens (tertiary/aromatic N) is 3. The second-order valence-electron chi connectivity index (χ2n) is 4.77. The van der Waals surface area contributed by atoms with Crippen molar-refractivity contribution in [2.45, 2.75) is 46.1 Å². The Balaban J connectivity index is 3.16. The molecule has 0 spiro atoms. The molecule has 0 fully saturated rings. The highest BCUT2D eigenvalue weighted by Gasteiger charge is 2.18. The molecule has 20 heavy (non-hydrogen) atoms. The zero-order chi connectivity index (χ0) is 15.1. The molecule has 112 valence electrons. The number of nitrogen functional groups attached to an aromatic ring is 1. The first kappa shape index (κ1) is 16.2. The van der Waals surface area contributed by atoms with Crippen LogP contribution in [0.15, 0.2) is 12.1 Å². The lowest BCUT2D eigenvalue weighted by atomic mass is 10.2. The Labute approximate surface area is 119 Å². The van der Waals surface area contributed by atoms with Gasteiger partial charge in [0.05, 0.1) is 17.1 Å². The average molecular weight is 281 g/mol. The van der Waals surface area contributed by atoms with Gasteiger partial charge in [0.2, 0.25) is 0 Å². The molecule has 1 atom stereocenters. The molecule has 0 aliphatic carbocycles. The van der Waals surface area contributed by atoms with E-state index < -0.39 is 4.92 Å². The minimum absolute atomic E-state index is 0.00671. The van der Waals surface area contributed by atoms with Gasteiger partial charge in [0.1, 0.15) is 11.6 Å². The van der Waals surface area contributed by atoms with E-state index in [0.717, 1.165) is 25.8 Å². The second kappa shape index (κ2) is 7.64. The third-order valence-corrected chi connectivity index (χ3v) is 3.33. The van der Waals surface area contributed by atoms with Crippen molar-refractivity contribution in [3.8, 4) is 0 Å². The molecule has 0 saturated heterocycles. The van der Waals surface area contributed by atoms with Crippen LogP contribution in [-0.4, -0.2) is 22.5 Å². The number of aromatic nitrogens is 1. The van der Waals surface area contributed by atoms with Gasteiger partial charge in [-0.1, -0.05) is 20.3 Å². The predicted molar refractivity (Wildman–Crippen MR) is 80.7 cm³/mol. The molecule has 0 aliphatic heterocycles. The molecule has 1 rings (SSSR count). The van der Waals surface area contributed by atoms with Crippen molar-refractivity contribution in [2.75, 3.05) is 16.9 Å². The zero-order valence-corrected chi connectivity index (χ0v) is 12.3. The number of unbranched alkanes of at least 4 members (excludes halogenated alkanes) is 1. The topological polar surface area (TPSA) is 97.3 Å². The fraction of sp³-hybridized carbons (Fsp3) is 0.615. The Morgan fingerprint density at radius 3 is 2.70 bits per heavy atom. The van der Waals surface area contributed by atoms with Crippen molar-refractivity contribution in [2.24, 2.45) is 5.84 Å². The van der Waals surface area contributed by atoms with Crippen LogP contribution >= 0.6 is 0 Å². The molecule has 1 aromatic heterocycles. The van der Waals surface area contributed by atoms with Crippen LogP contribution in [0.5, 0.6) is 0 Å². The number of pyridine rings is 1. The Morgan fingerprint density at radius 1 is 1.50 bits per heavy atom. The van der Waals surface area contributed by atoms with Gasteiger partial charge in [-0.2, -0.15) is 0 Å². The van der Waals surface area contributed by atoms with E-state index in [-0.39, 0.29) is 11.7 Å². The Morgan fingerprint density at radius 2 is 2.20 bits per heavy atom. The summed E-state index contributed by atoms with van der Waals surface area (Å²) in [4.78, 5) is 17.0. The van der Waals surface area contributed by atoms with Crippen LogP contribution in [-0.2, 0) is 0 Å². The van der Waals surface area contributed by atoms with Gasteiger partial charge >= 0.3 is 0 Å². The zero-order valence-electron chi connectivity index (χ0n) is 12.3. The molecule has 0 amide bonds. The standard InChI is InChI=1S/C13H23N5O2/c1-4-6-7-17(10(3)5-2)13-9-11(18(19)20)8-12(15-13)16-14/h8-10H,4-7,14H2,1-3H3,(H,15,16). The quantitative estimate of drug-likeness (QED) is 0.432. The summed E-state index contributed by atoms with van der Waals surface area (Å²) in [5, 5.41) is 11.0. The molecule has 0 aromatic carbocycles. The summed E-state index contributed by atoms with van der Waals surface area (Å²) < 4.78 is 0. The lowest BCUT2D eigenvalue weighted by Gasteiger charge is -2.29. The smallest absolute Gasteiger partial charge is 0.276 e. The summed E-state index contributed by atoms with van der Waals surface area (Å²) in [5.41, 5.74) is 2.38. The van der Waals surface area contributed by atoms with Gasteiger partial charge in [-0.3, -0.25) is 10.1 Å². The van der Waals surface area contributed by atoms with Gasteiger partial charge in [-0.15, -0.1) is 0 Å². The fourth-order valence-corrected chi connectivity index (χ4v) is 1.94. The van der Waals surface area contributed by atoms with Gasteiger partial charge in [0, 0.05) is 12.6 Å². The van der Waals surface area contributed by atoms with E-state index in [2.05, 4.69) is 36.1 Å². The predicted octanol–water partition coefficient (Wildman–Crippen LogP) is 2.68. The third-order valence-electron chi connectivity index (χ3n) is 3.33. The highest BCUT2D eigenvalue weighted by molar-refractivity contribution is 5.55. The summed E-state index contributed by atoms with van der Waals surface area (Å²) in [6, 6.07) is 3.10. The van der Waals surface area contributed by atoms with Crippen LogP contribution in [0.2, 0.25) is 0 Å². The number of hydrogen-bond acceptors (Lipinski definition) is 6. The molecule has 0 aliphatic rings. The maximum absolute atomic E-state index is 11.0. The fourth-order valence-electron chi connectivity index (χ4n) is 1.94. The van der Waals surface area contributed by atoms with E-state index >= 15 is 0 Å². The summed E-state index contributed by atoms with van der Waals surface area (Å²) in [5.74, 6) is 6.24. The van der Waals surface area contributed by atoms with Crippen LogP contribution < -0.4 is 16.2 Å². The van der Waals surface area contributed by atoms with E-state index in [1.54, 1.807) is 0 Å². The maximum atomic E-state index is 11.0. The molecule has 1 unspecified atom stereocenters. The van der Waals surface area contributed by atoms with E-state index in [1.165, 1.54) is 12.1 Å². The van der Waals surface area contributed by atoms with E-state index in [1.807, 2.05) is 0 Å². The normalized spacial score (nSPS) is 12.0. The highest BCUT2D eigenvalue weighted by atomic mass is 16.6. The number of nitro groups is 1. The Kier molecular flexibility index (Phi) is 6.17. The number of anilines is 2. The SMILES string of the molecule is CCCCN(c1cc([N+](=O)[O-])cc(NN)n1)C(C)CC. The lowest BCUT2D eigenvalue weighted by molar-refractivity contribution is -0.384. The van der Waals surface area contributed by atoms with E-state index in [0.29, 0.717) is 11.6 Å². The largest absolute Gasteiger partial charge is 0.354 e. The summed E-state index contributed by atoms with van der Waals surface area (Å²) in [7, 11) is 0. The van der Waals surface area contributed by atoms with Crippen molar-refractivity contribution >= 4 is 17.3 Å². The lowest BCUT2D eigenvalue weighted by Crippen LogP contribution is -2.34. The number of hydrogen-bond donors (Lipinski definition) is 2. The van der Waals surface area contributed by atoms with Crippen LogP contribution in [0.1, 0.15) is 40.0 Å². The number of nitrogens with two attached hydrogens (primary N) is 1. The average Bonchev–Trinajstić information content (AvgIpc) is 2.46. The van der Waals surface area contributed by atoms with E-state index in [4.69, 9.17) is 5.84 Å². The monoisotopic (exact) mass is 281 g/mol. The van der Waals surface area contributed by atoms with Crippen LogP contribution in [0.4, 0.5) is 17.3 Å². The Bertz CT molecular complexity index is 452. The first-order valence-electron chi connectivity index (χ1n) is 6.93. The summed E-state index contributed by atoms with van der Waals surface area (Å²) in [6.45, 7) is 7.11. The van der Waals surface area contributed by atoms with Gasteiger partial charge < -0.3 is 10.3 Å². The van der Waals surface area contributed by atoms with Gasteiger partial charge in [0.15, 0.2) is 0 Å². The van der Waals surface area contributed by atoms with E-state index in [9.17, 15) is 10.1 Å². The molecule has 1 heterocycles. The van der Waals surface area contributed by atoms with Crippen molar-refractivity contribution in [3.63, 3.8) is 0 Å². The van der Waals surface area contributed by atoms with Gasteiger partial charge in [0.25, 0.3) is 5.69 Å². The first-order valence-corrected chi connectivity index (χ1v) is 6.93. The number of hydrazine groups is 1. The summed E-state index contributed by atoms with van der Waals surface area (Å²) in [6.07, 6.45) is 3.02. The molecule has 0 radical (unpaired) electrons. The summed E-state index contributed by atoms with van der Waals surface area (Å²) >= 11 is 0. The van der Waals surface area contributed by atoms with Gasteiger partial charge in [-0.25, -0.2) is 10.8 Å². The van der Waals surface area contributed by atoms with Gasteiger partial charge in [-0.05, 0) is 19.8 Å². The van der Waals surface area contributed by atoms with Crippen LogP contribution in [0.3, 0.4) is 0 Å². The molecule has 0 bridgehead atoms. The van der Waals surface area contributed by atoms with Crippen LogP contribution in [0.25, 0.3) is 0 Å². The van der Waals surface area contributed by atoms with Crippen molar-refractivity contribution in [1.82, 2.24) is 4.98 Å². The first-order chi connectivity index (χ1) is 9.53. The molecule has 7 nitrogen and oxygen atoms in total. The Hall–Kier alpha value is -1.89. The molecular weight excluding hydrogens is 258 g/mol. The molecule has 3 N–H and O–H groups in total.